The van der Waals surface area contributed by atoms with E-state index in [1.54, 1.807) is 0 Å². The minimum Gasteiger partial charge on any atom is -0.383 e. The van der Waals surface area contributed by atoms with Gasteiger partial charge in [0.1, 0.15) is 11.5 Å². The molecule has 0 atom stereocenters. The smallest absolute Gasteiger partial charge is 0.146 e. The molecular formula is C14H13N3. The van der Waals surface area contributed by atoms with Crippen LogP contribution in [0.5, 0.6) is 0 Å². The van der Waals surface area contributed by atoms with Crippen LogP contribution in [0, 0.1) is 6.92 Å². The van der Waals surface area contributed by atoms with Crippen molar-refractivity contribution in [2.24, 2.45) is 0 Å². The Morgan fingerprint density at radius 3 is 2.59 bits per heavy atom. The first-order valence-electron chi connectivity index (χ1n) is 5.56. The number of fused-ring (bicyclic) bond motifs is 1. The van der Waals surface area contributed by atoms with Gasteiger partial charge in [-0.15, -0.1) is 0 Å². The zero-order valence-electron chi connectivity index (χ0n) is 9.59. The summed E-state index contributed by atoms with van der Waals surface area (Å²) >= 11 is 0. The van der Waals surface area contributed by atoms with E-state index in [1.807, 2.05) is 41.8 Å². The van der Waals surface area contributed by atoms with Crippen LogP contribution in [0.25, 0.3) is 16.8 Å². The molecule has 84 valence electrons. The van der Waals surface area contributed by atoms with E-state index in [4.69, 9.17) is 5.73 Å². The highest BCUT2D eigenvalue weighted by molar-refractivity contribution is 5.79. The molecule has 3 aromatic rings. The van der Waals surface area contributed by atoms with Gasteiger partial charge >= 0.3 is 0 Å². The lowest BCUT2D eigenvalue weighted by Gasteiger charge is -2.03. The van der Waals surface area contributed by atoms with E-state index >= 15 is 0 Å². The number of imidazole rings is 1. The summed E-state index contributed by atoms with van der Waals surface area (Å²) in [6.07, 6.45) is 1.94. The van der Waals surface area contributed by atoms with Gasteiger partial charge in [0.2, 0.25) is 0 Å². The van der Waals surface area contributed by atoms with E-state index in [0.717, 1.165) is 22.5 Å². The second-order valence-corrected chi connectivity index (χ2v) is 4.06. The maximum absolute atomic E-state index is 5.99. The number of nitrogen functional groups attached to an aromatic ring is 1. The summed E-state index contributed by atoms with van der Waals surface area (Å²) in [6.45, 7) is 1.93. The van der Waals surface area contributed by atoms with Crippen molar-refractivity contribution in [2.45, 2.75) is 6.92 Å². The van der Waals surface area contributed by atoms with Crippen molar-refractivity contribution in [2.75, 3.05) is 5.73 Å². The molecule has 2 N–H and O–H groups in total. The van der Waals surface area contributed by atoms with E-state index in [-0.39, 0.29) is 0 Å². The zero-order chi connectivity index (χ0) is 11.8. The first kappa shape index (κ1) is 9.90. The predicted octanol–water partition coefficient (Wildman–Crippen LogP) is 2.89. The van der Waals surface area contributed by atoms with Gasteiger partial charge in [-0.25, -0.2) is 4.98 Å². The summed E-state index contributed by atoms with van der Waals surface area (Å²) in [5, 5.41) is 0. The molecular weight excluding hydrogens is 210 g/mol. The van der Waals surface area contributed by atoms with Crippen molar-refractivity contribution in [1.29, 1.82) is 0 Å². The average molecular weight is 223 g/mol. The minimum atomic E-state index is 0.706. The predicted molar refractivity (Wildman–Crippen MR) is 69.8 cm³/mol. The van der Waals surface area contributed by atoms with Gasteiger partial charge in [-0.3, -0.25) is 4.40 Å². The maximum atomic E-state index is 5.99. The number of rotatable bonds is 1. The molecule has 0 amide bonds. The second-order valence-electron chi connectivity index (χ2n) is 4.06. The van der Waals surface area contributed by atoms with E-state index in [2.05, 4.69) is 23.2 Å². The van der Waals surface area contributed by atoms with Gasteiger partial charge in [-0.1, -0.05) is 30.3 Å². The van der Waals surface area contributed by atoms with E-state index in [0.29, 0.717) is 5.82 Å². The Hall–Kier alpha value is -2.29. The van der Waals surface area contributed by atoms with Gasteiger partial charge in [0.15, 0.2) is 0 Å². The van der Waals surface area contributed by atoms with Gasteiger partial charge in [0.05, 0.1) is 5.69 Å². The largest absolute Gasteiger partial charge is 0.383 e. The third-order valence-electron chi connectivity index (χ3n) is 2.96. The second kappa shape index (κ2) is 3.63. The molecule has 0 bridgehead atoms. The highest BCUT2D eigenvalue weighted by Gasteiger charge is 2.09. The minimum absolute atomic E-state index is 0.706. The number of benzene rings is 1. The molecule has 2 aromatic heterocycles. The number of anilines is 1. The van der Waals surface area contributed by atoms with E-state index in [9.17, 15) is 0 Å². The molecule has 3 nitrogen and oxygen atoms in total. The molecule has 3 rings (SSSR count). The summed E-state index contributed by atoms with van der Waals surface area (Å²) in [7, 11) is 0. The van der Waals surface area contributed by atoms with Crippen LogP contribution in [0.3, 0.4) is 0 Å². The monoisotopic (exact) mass is 223 g/mol. The van der Waals surface area contributed by atoms with E-state index < -0.39 is 0 Å². The van der Waals surface area contributed by atoms with Crippen molar-refractivity contribution in [3.8, 4) is 11.1 Å². The van der Waals surface area contributed by atoms with Crippen molar-refractivity contribution in [3.05, 3.63) is 54.4 Å². The number of nitrogens with two attached hydrogens (primary N) is 1. The molecule has 0 aliphatic heterocycles. The molecule has 3 heteroatoms. The van der Waals surface area contributed by atoms with Gasteiger partial charge < -0.3 is 5.73 Å². The molecule has 0 unspecified atom stereocenters. The number of aromatic nitrogens is 2. The molecule has 0 fully saturated rings. The highest BCUT2D eigenvalue weighted by Crippen LogP contribution is 2.26. The van der Waals surface area contributed by atoms with Crippen LogP contribution in [0.15, 0.2) is 48.7 Å². The SMILES string of the molecule is Cc1nc2c(-c3ccccc3)cccn2c1N. The fraction of sp³-hybridized carbons (Fsp3) is 0.0714. The normalized spacial score (nSPS) is 10.9. The molecule has 0 saturated carbocycles. The molecule has 0 aliphatic carbocycles. The third-order valence-corrected chi connectivity index (χ3v) is 2.96. The topological polar surface area (TPSA) is 43.3 Å². The molecule has 2 heterocycles. The molecule has 0 aliphatic rings. The van der Waals surface area contributed by atoms with Crippen LogP contribution in [0.4, 0.5) is 5.82 Å². The lowest BCUT2D eigenvalue weighted by molar-refractivity contribution is 1.20. The summed E-state index contributed by atoms with van der Waals surface area (Å²) in [6, 6.07) is 14.3. The van der Waals surface area contributed by atoms with Gasteiger partial charge in [-0.05, 0) is 24.6 Å². The molecule has 1 aromatic carbocycles. The Morgan fingerprint density at radius 1 is 1.06 bits per heavy atom. The quantitative estimate of drug-likeness (QED) is 0.689. The van der Waals surface area contributed by atoms with E-state index in [1.165, 1.54) is 0 Å². The average Bonchev–Trinajstić information content (AvgIpc) is 2.67. The van der Waals surface area contributed by atoms with Gasteiger partial charge in [0.25, 0.3) is 0 Å². The Morgan fingerprint density at radius 2 is 1.82 bits per heavy atom. The lowest BCUT2D eigenvalue weighted by atomic mass is 10.1. The summed E-state index contributed by atoms with van der Waals surface area (Å²) in [5.74, 6) is 0.706. The third kappa shape index (κ3) is 1.47. The number of nitrogens with zero attached hydrogens (tertiary/aromatic N) is 2. The number of pyridine rings is 1. The van der Waals surface area contributed by atoms with Crippen LogP contribution in [0.1, 0.15) is 5.69 Å². The van der Waals surface area contributed by atoms with Crippen LogP contribution < -0.4 is 5.73 Å². The van der Waals surface area contributed by atoms with Crippen molar-refractivity contribution in [1.82, 2.24) is 9.38 Å². The standard InChI is InChI=1S/C14H13N3/c1-10-13(15)17-9-5-8-12(14(17)16-10)11-6-3-2-4-7-11/h2-9H,15H2,1H3. The molecule has 0 spiro atoms. The Bertz CT molecular complexity index is 669. The van der Waals surface area contributed by atoms with Gasteiger partial charge in [0, 0.05) is 11.8 Å². The summed E-state index contributed by atoms with van der Waals surface area (Å²) < 4.78 is 1.93. The Kier molecular flexibility index (Phi) is 2.11. The van der Waals surface area contributed by atoms with Crippen LogP contribution >= 0.6 is 0 Å². The zero-order valence-corrected chi connectivity index (χ0v) is 9.59. The molecule has 0 radical (unpaired) electrons. The van der Waals surface area contributed by atoms with Gasteiger partial charge in [-0.2, -0.15) is 0 Å². The number of hydrogen-bond donors (Lipinski definition) is 1. The lowest BCUT2D eigenvalue weighted by Crippen LogP contribution is -1.94. The maximum Gasteiger partial charge on any atom is 0.146 e. The number of aryl methyl sites for hydroxylation is 1. The number of hydrogen-bond acceptors (Lipinski definition) is 2. The fourth-order valence-electron chi connectivity index (χ4n) is 2.04. The summed E-state index contributed by atoms with van der Waals surface area (Å²) in [5.41, 5.74) is 10.0. The molecule has 0 saturated heterocycles. The van der Waals surface area contributed by atoms with Crippen LogP contribution in [-0.2, 0) is 0 Å². The fourth-order valence-corrected chi connectivity index (χ4v) is 2.04. The first-order valence-corrected chi connectivity index (χ1v) is 5.56. The summed E-state index contributed by atoms with van der Waals surface area (Å²) in [4.78, 5) is 4.53. The Labute approximate surface area is 99.5 Å². The van der Waals surface area contributed by atoms with Crippen molar-refractivity contribution < 1.29 is 0 Å². The van der Waals surface area contributed by atoms with Crippen molar-refractivity contribution in [3.63, 3.8) is 0 Å². The van der Waals surface area contributed by atoms with Crippen molar-refractivity contribution >= 4 is 11.5 Å². The highest BCUT2D eigenvalue weighted by atomic mass is 15.1. The Balaban J connectivity index is 2.35. The van der Waals surface area contributed by atoms with Crippen LogP contribution in [-0.4, -0.2) is 9.38 Å². The molecule has 17 heavy (non-hydrogen) atoms. The first-order chi connectivity index (χ1) is 8.27. The van der Waals surface area contributed by atoms with Crippen LogP contribution in [0.2, 0.25) is 0 Å².